The first-order valence-electron chi connectivity index (χ1n) is 9.00. The van der Waals surface area contributed by atoms with Crippen molar-refractivity contribution in [3.63, 3.8) is 0 Å². The fourth-order valence-electron chi connectivity index (χ4n) is 3.47. The van der Waals surface area contributed by atoms with Gasteiger partial charge in [-0.15, -0.1) is 0 Å². The Morgan fingerprint density at radius 1 is 0.920 bits per heavy atom. The SMILES string of the molecule is CCc1cc(N2CCCN(c3ncccn3)CC2)c2ccccc2n1. The number of anilines is 2. The van der Waals surface area contributed by atoms with Crippen LogP contribution in [0.2, 0.25) is 0 Å². The number of hydrogen-bond acceptors (Lipinski definition) is 5. The Labute approximate surface area is 148 Å². The van der Waals surface area contributed by atoms with Crippen molar-refractivity contribution in [2.24, 2.45) is 0 Å². The largest absolute Gasteiger partial charge is 0.369 e. The molecule has 0 unspecified atom stereocenters. The molecule has 0 saturated carbocycles. The maximum absolute atomic E-state index is 4.78. The molecule has 0 bridgehead atoms. The van der Waals surface area contributed by atoms with Crippen LogP contribution in [0.4, 0.5) is 11.6 Å². The Bertz CT molecular complexity index is 849. The number of aryl methyl sites for hydroxylation is 1. The molecule has 1 fully saturated rings. The summed E-state index contributed by atoms with van der Waals surface area (Å²) in [5.41, 5.74) is 3.55. The molecule has 0 atom stereocenters. The van der Waals surface area contributed by atoms with Crippen molar-refractivity contribution in [2.75, 3.05) is 36.0 Å². The van der Waals surface area contributed by atoms with E-state index in [0.717, 1.165) is 56.2 Å². The quantitative estimate of drug-likeness (QED) is 0.736. The summed E-state index contributed by atoms with van der Waals surface area (Å²) in [5, 5.41) is 1.24. The average molecular weight is 333 g/mol. The maximum Gasteiger partial charge on any atom is 0.225 e. The van der Waals surface area contributed by atoms with Gasteiger partial charge in [-0.2, -0.15) is 0 Å². The second-order valence-electron chi connectivity index (χ2n) is 6.38. The van der Waals surface area contributed by atoms with Gasteiger partial charge in [0.2, 0.25) is 5.95 Å². The first-order chi connectivity index (χ1) is 12.3. The molecule has 4 rings (SSSR count). The molecule has 0 amide bonds. The van der Waals surface area contributed by atoms with Crippen molar-refractivity contribution in [1.29, 1.82) is 0 Å². The van der Waals surface area contributed by atoms with Gasteiger partial charge in [0.1, 0.15) is 0 Å². The lowest BCUT2D eigenvalue weighted by molar-refractivity contribution is 0.782. The van der Waals surface area contributed by atoms with E-state index in [1.165, 1.54) is 11.1 Å². The number of pyridine rings is 1. The van der Waals surface area contributed by atoms with Crippen molar-refractivity contribution in [1.82, 2.24) is 15.0 Å². The Morgan fingerprint density at radius 2 is 1.68 bits per heavy atom. The summed E-state index contributed by atoms with van der Waals surface area (Å²) in [5.74, 6) is 0.832. The Kier molecular flexibility index (Phi) is 4.46. The minimum absolute atomic E-state index is 0.832. The summed E-state index contributed by atoms with van der Waals surface area (Å²) < 4.78 is 0. The van der Waals surface area contributed by atoms with Gasteiger partial charge >= 0.3 is 0 Å². The van der Waals surface area contributed by atoms with Gasteiger partial charge in [0.05, 0.1) is 5.52 Å². The second-order valence-corrected chi connectivity index (χ2v) is 6.38. The minimum atomic E-state index is 0.832. The summed E-state index contributed by atoms with van der Waals surface area (Å²) in [6, 6.07) is 12.6. The van der Waals surface area contributed by atoms with Gasteiger partial charge in [-0.25, -0.2) is 9.97 Å². The second kappa shape index (κ2) is 7.05. The van der Waals surface area contributed by atoms with Gasteiger partial charge in [-0.3, -0.25) is 4.98 Å². The van der Waals surface area contributed by atoms with E-state index >= 15 is 0 Å². The predicted octanol–water partition coefficient (Wildman–Crippen LogP) is 3.30. The van der Waals surface area contributed by atoms with Crippen LogP contribution in [0, 0.1) is 0 Å². The molecule has 0 spiro atoms. The predicted molar refractivity (Wildman–Crippen MR) is 102 cm³/mol. The molecule has 0 aliphatic carbocycles. The van der Waals surface area contributed by atoms with Gasteiger partial charge < -0.3 is 9.80 Å². The van der Waals surface area contributed by atoms with Gasteiger partial charge in [0.25, 0.3) is 0 Å². The first-order valence-corrected chi connectivity index (χ1v) is 9.00. The summed E-state index contributed by atoms with van der Waals surface area (Å²) >= 11 is 0. The third kappa shape index (κ3) is 3.27. The molecule has 5 nitrogen and oxygen atoms in total. The van der Waals surface area contributed by atoms with Crippen LogP contribution in [-0.2, 0) is 6.42 Å². The molecule has 5 heteroatoms. The average Bonchev–Trinajstić information content (AvgIpc) is 2.94. The van der Waals surface area contributed by atoms with Crippen molar-refractivity contribution in [2.45, 2.75) is 19.8 Å². The number of benzene rings is 1. The summed E-state index contributed by atoms with van der Waals surface area (Å²) in [6.45, 7) is 6.10. The number of rotatable bonds is 3. The van der Waals surface area contributed by atoms with Crippen LogP contribution in [-0.4, -0.2) is 41.1 Å². The lowest BCUT2D eigenvalue weighted by atomic mass is 10.1. The van der Waals surface area contributed by atoms with Crippen LogP contribution < -0.4 is 9.80 Å². The molecule has 0 radical (unpaired) electrons. The summed E-state index contributed by atoms with van der Waals surface area (Å²) in [4.78, 5) is 18.4. The van der Waals surface area contributed by atoms with Crippen molar-refractivity contribution < 1.29 is 0 Å². The number of fused-ring (bicyclic) bond motifs is 1. The van der Waals surface area contributed by atoms with Gasteiger partial charge in [-0.05, 0) is 31.0 Å². The first kappa shape index (κ1) is 15.8. The molecule has 2 aromatic heterocycles. The highest BCUT2D eigenvalue weighted by molar-refractivity contribution is 5.92. The van der Waals surface area contributed by atoms with Crippen LogP contribution >= 0.6 is 0 Å². The topological polar surface area (TPSA) is 45.2 Å². The van der Waals surface area contributed by atoms with Crippen LogP contribution in [0.1, 0.15) is 19.0 Å². The zero-order valence-electron chi connectivity index (χ0n) is 14.6. The van der Waals surface area contributed by atoms with Gasteiger partial charge in [0.15, 0.2) is 0 Å². The normalized spacial score (nSPS) is 15.4. The van der Waals surface area contributed by atoms with Crippen LogP contribution in [0.15, 0.2) is 48.8 Å². The molecule has 0 N–H and O–H groups in total. The molecule has 25 heavy (non-hydrogen) atoms. The molecular weight excluding hydrogens is 310 g/mol. The van der Waals surface area contributed by atoms with Crippen LogP contribution in [0.5, 0.6) is 0 Å². The molecule has 1 saturated heterocycles. The number of aromatic nitrogens is 3. The van der Waals surface area contributed by atoms with E-state index in [1.807, 2.05) is 18.5 Å². The minimum Gasteiger partial charge on any atom is -0.369 e. The molecule has 3 aromatic rings. The van der Waals surface area contributed by atoms with E-state index in [0.29, 0.717) is 0 Å². The Balaban J connectivity index is 1.63. The third-order valence-corrected chi connectivity index (χ3v) is 4.78. The Hall–Kier alpha value is -2.69. The fourth-order valence-corrected chi connectivity index (χ4v) is 3.47. The molecule has 1 aliphatic rings. The zero-order valence-corrected chi connectivity index (χ0v) is 14.6. The monoisotopic (exact) mass is 333 g/mol. The zero-order chi connectivity index (χ0) is 17.1. The van der Waals surface area contributed by atoms with E-state index in [2.05, 4.69) is 57.0 Å². The van der Waals surface area contributed by atoms with E-state index in [9.17, 15) is 0 Å². The number of nitrogens with zero attached hydrogens (tertiary/aromatic N) is 5. The van der Waals surface area contributed by atoms with E-state index in [-0.39, 0.29) is 0 Å². The standard InChI is InChI=1S/C20H23N5/c1-2-16-15-19(17-7-3-4-8-18(17)23-16)24-11-6-12-25(14-13-24)20-21-9-5-10-22-20/h3-5,7-10,15H,2,6,11-14H2,1H3. The molecule has 128 valence electrons. The van der Waals surface area contributed by atoms with Gasteiger partial charge in [-0.1, -0.05) is 25.1 Å². The van der Waals surface area contributed by atoms with Crippen molar-refractivity contribution in [3.8, 4) is 0 Å². The van der Waals surface area contributed by atoms with Crippen LogP contribution in [0.3, 0.4) is 0 Å². The molecule has 1 aliphatic heterocycles. The summed E-state index contributed by atoms with van der Waals surface area (Å²) in [6.07, 6.45) is 5.68. The number of hydrogen-bond donors (Lipinski definition) is 0. The van der Waals surface area contributed by atoms with Gasteiger partial charge in [0, 0.05) is 55.3 Å². The number of para-hydroxylation sites is 1. The summed E-state index contributed by atoms with van der Waals surface area (Å²) in [7, 11) is 0. The fraction of sp³-hybridized carbons (Fsp3) is 0.350. The molecule has 1 aromatic carbocycles. The highest BCUT2D eigenvalue weighted by Gasteiger charge is 2.19. The molecular formula is C20H23N5. The highest BCUT2D eigenvalue weighted by atomic mass is 15.3. The molecule has 3 heterocycles. The highest BCUT2D eigenvalue weighted by Crippen LogP contribution is 2.28. The maximum atomic E-state index is 4.78. The smallest absolute Gasteiger partial charge is 0.225 e. The lowest BCUT2D eigenvalue weighted by Crippen LogP contribution is -2.31. The Morgan fingerprint density at radius 3 is 2.52 bits per heavy atom. The van der Waals surface area contributed by atoms with Crippen molar-refractivity contribution in [3.05, 3.63) is 54.5 Å². The van der Waals surface area contributed by atoms with Crippen LogP contribution in [0.25, 0.3) is 10.9 Å². The van der Waals surface area contributed by atoms with E-state index < -0.39 is 0 Å². The third-order valence-electron chi connectivity index (χ3n) is 4.78. The van der Waals surface area contributed by atoms with E-state index in [4.69, 9.17) is 4.98 Å². The van der Waals surface area contributed by atoms with E-state index in [1.54, 1.807) is 0 Å². The van der Waals surface area contributed by atoms with Crippen molar-refractivity contribution >= 4 is 22.5 Å². The lowest BCUT2D eigenvalue weighted by Gasteiger charge is -2.25.